The Kier molecular flexibility index (Phi) is 4.23. The van der Waals surface area contributed by atoms with E-state index in [4.69, 9.17) is 4.74 Å². The van der Waals surface area contributed by atoms with Crippen molar-refractivity contribution in [2.24, 2.45) is 0 Å². The van der Waals surface area contributed by atoms with Crippen molar-refractivity contribution < 1.29 is 13.9 Å². The van der Waals surface area contributed by atoms with Crippen LogP contribution < -0.4 is 5.32 Å². The molecule has 0 saturated carbocycles. The molecule has 20 heavy (non-hydrogen) atoms. The molecule has 0 spiro atoms. The van der Waals surface area contributed by atoms with E-state index in [2.05, 4.69) is 10.3 Å². The first-order valence-electron chi connectivity index (χ1n) is 6.69. The smallest absolute Gasteiger partial charge is 0.410 e. The van der Waals surface area contributed by atoms with Crippen molar-refractivity contribution in [3.63, 3.8) is 0 Å². The summed E-state index contributed by atoms with van der Waals surface area (Å²) in [5, 5.41) is 3.16. The van der Waals surface area contributed by atoms with Crippen molar-refractivity contribution in [2.75, 3.05) is 19.6 Å². The van der Waals surface area contributed by atoms with Gasteiger partial charge in [-0.2, -0.15) is 4.39 Å². The van der Waals surface area contributed by atoms with Crippen LogP contribution in [0.3, 0.4) is 0 Å². The molecule has 2 rings (SSSR count). The van der Waals surface area contributed by atoms with Gasteiger partial charge in [-0.05, 0) is 26.8 Å². The predicted molar refractivity (Wildman–Crippen MR) is 72.7 cm³/mol. The predicted octanol–water partition coefficient (Wildman–Crippen LogP) is 2.10. The monoisotopic (exact) mass is 281 g/mol. The Balaban J connectivity index is 2.22. The van der Waals surface area contributed by atoms with Crippen molar-refractivity contribution in [3.05, 3.63) is 29.8 Å². The van der Waals surface area contributed by atoms with Gasteiger partial charge >= 0.3 is 6.09 Å². The molecule has 1 unspecified atom stereocenters. The Morgan fingerprint density at radius 2 is 2.30 bits per heavy atom. The number of amides is 1. The van der Waals surface area contributed by atoms with Crippen LogP contribution in [0.1, 0.15) is 32.4 Å². The van der Waals surface area contributed by atoms with Gasteiger partial charge in [0.2, 0.25) is 5.95 Å². The van der Waals surface area contributed by atoms with Crippen molar-refractivity contribution >= 4 is 6.09 Å². The molecule has 1 aliphatic heterocycles. The van der Waals surface area contributed by atoms with Gasteiger partial charge in [0.25, 0.3) is 0 Å². The first-order valence-corrected chi connectivity index (χ1v) is 6.69. The van der Waals surface area contributed by atoms with Crippen LogP contribution in [0, 0.1) is 5.95 Å². The molecule has 0 radical (unpaired) electrons. The highest BCUT2D eigenvalue weighted by Crippen LogP contribution is 2.25. The zero-order valence-electron chi connectivity index (χ0n) is 12.0. The van der Waals surface area contributed by atoms with E-state index in [9.17, 15) is 9.18 Å². The number of hydrogen-bond acceptors (Lipinski definition) is 4. The number of aromatic nitrogens is 1. The fraction of sp³-hybridized carbons (Fsp3) is 0.571. The average Bonchev–Trinajstić information content (AvgIpc) is 2.37. The summed E-state index contributed by atoms with van der Waals surface area (Å²) in [7, 11) is 0. The van der Waals surface area contributed by atoms with Crippen molar-refractivity contribution in [3.8, 4) is 0 Å². The first kappa shape index (κ1) is 14.7. The van der Waals surface area contributed by atoms with E-state index in [0.717, 1.165) is 0 Å². The fourth-order valence-electron chi connectivity index (χ4n) is 2.17. The molecular weight excluding hydrogens is 261 g/mol. The number of carbonyl (C=O) groups is 1. The summed E-state index contributed by atoms with van der Waals surface area (Å²) >= 11 is 0. The summed E-state index contributed by atoms with van der Waals surface area (Å²) in [4.78, 5) is 17.4. The maximum atomic E-state index is 13.8. The normalized spacial score (nSPS) is 19.8. The summed E-state index contributed by atoms with van der Waals surface area (Å²) < 4.78 is 19.2. The molecule has 1 saturated heterocycles. The molecule has 0 aliphatic carbocycles. The number of piperazine rings is 1. The van der Waals surface area contributed by atoms with E-state index in [1.54, 1.807) is 17.0 Å². The lowest BCUT2D eigenvalue weighted by Crippen LogP contribution is -2.50. The molecule has 5 nitrogen and oxygen atoms in total. The van der Waals surface area contributed by atoms with Crippen LogP contribution in [0.5, 0.6) is 0 Å². The van der Waals surface area contributed by atoms with Crippen LogP contribution in [0.4, 0.5) is 9.18 Å². The molecule has 110 valence electrons. The highest BCUT2D eigenvalue weighted by atomic mass is 19.1. The van der Waals surface area contributed by atoms with Gasteiger partial charge in [-0.25, -0.2) is 9.78 Å². The number of rotatable bonds is 1. The highest BCUT2D eigenvalue weighted by Gasteiger charge is 2.32. The molecular formula is C14H20FN3O2. The molecule has 1 N–H and O–H groups in total. The second kappa shape index (κ2) is 5.75. The molecule has 1 atom stereocenters. The second-order valence-corrected chi connectivity index (χ2v) is 5.78. The van der Waals surface area contributed by atoms with Gasteiger partial charge in [0.1, 0.15) is 5.60 Å². The SMILES string of the molecule is CC(C)(C)OC(=O)N1CCNCC1c1cccnc1F. The van der Waals surface area contributed by atoms with Crippen LogP contribution in [0.15, 0.2) is 18.3 Å². The van der Waals surface area contributed by atoms with Gasteiger partial charge in [0.05, 0.1) is 6.04 Å². The van der Waals surface area contributed by atoms with Gasteiger partial charge < -0.3 is 10.1 Å². The lowest BCUT2D eigenvalue weighted by atomic mass is 10.1. The van der Waals surface area contributed by atoms with Crippen LogP contribution in [-0.2, 0) is 4.74 Å². The van der Waals surface area contributed by atoms with E-state index in [-0.39, 0.29) is 0 Å². The number of hydrogen-bond donors (Lipinski definition) is 1. The van der Waals surface area contributed by atoms with E-state index < -0.39 is 23.7 Å². The minimum atomic E-state index is -0.569. The Labute approximate surface area is 118 Å². The third kappa shape index (κ3) is 3.45. The zero-order chi connectivity index (χ0) is 14.8. The van der Waals surface area contributed by atoms with E-state index in [1.807, 2.05) is 20.8 Å². The Hall–Kier alpha value is -1.69. The topological polar surface area (TPSA) is 54.5 Å². The van der Waals surface area contributed by atoms with Gasteiger partial charge in [0.15, 0.2) is 0 Å². The summed E-state index contributed by atoms with van der Waals surface area (Å²) in [5.74, 6) is -0.547. The lowest BCUT2D eigenvalue weighted by molar-refractivity contribution is 0.0114. The number of pyridine rings is 1. The zero-order valence-corrected chi connectivity index (χ0v) is 12.0. The van der Waals surface area contributed by atoms with Gasteiger partial charge in [-0.15, -0.1) is 0 Å². The summed E-state index contributed by atoms with van der Waals surface area (Å²) in [6.45, 7) is 7.07. The minimum Gasteiger partial charge on any atom is -0.444 e. The standard InChI is InChI=1S/C14H20FN3O2/c1-14(2,3)20-13(19)18-8-7-16-9-11(18)10-5-4-6-17-12(10)15/h4-6,11,16H,7-9H2,1-3H3. The Morgan fingerprint density at radius 1 is 1.55 bits per heavy atom. The average molecular weight is 281 g/mol. The fourth-order valence-corrected chi connectivity index (χ4v) is 2.17. The molecule has 1 aromatic rings. The lowest BCUT2D eigenvalue weighted by Gasteiger charge is -2.37. The summed E-state index contributed by atoms with van der Waals surface area (Å²) in [6.07, 6.45) is 0.972. The quantitative estimate of drug-likeness (QED) is 0.801. The number of nitrogens with zero attached hydrogens (tertiary/aromatic N) is 2. The van der Waals surface area contributed by atoms with Crippen LogP contribution >= 0.6 is 0 Å². The van der Waals surface area contributed by atoms with Crippen LogP contribution in [0.2, 0.25) is 0 Å². The molecule has 0 aromatic carbocycles. The van der Waals surface area contributed by atoms with Gasteiger partial charge in [-0.3, -0.25) is 4.90 Å². The number of carbonyl (C=O) groups excluding carboxylic acids is 1. The van der Waals surface area contributed by atoms with Crippen molar-refractivity contribution in [1.29, 1.82) is 0 Å². The first-order chi connectivity index (χ1) is 9.38. The minimum absolute atomic E-state index is 0.396. The molecule has 0 bridgehead atoms. The third-order valence-electron chi connectivity index (χ3n) is 3.02. The second-order valence-electron chi connectivity index (χ2n) is 5.78. The number of ether oxygens (including phenoxy) is 1. The maximum absolute atomic E-state index is 13.8. The molecule has 1 fully saturated rings. The van der Waals surface area contributed by atoms with Gasteiger partial charge in [-0.1, -0.05) is 6.07 Å². The Morgan fingerprint density at radius 3 is 2.95 bits per heavy atom. The maximum Gasteiger partial charge on any atom is 0.410 e. The highest BCUT2D eigenvalue weighted by molar-refractivity contribution is 5.69. The summed E-state index contributed by atoms with van der Waals surface area (Å²) in [6, 6.07) is 2.92. The molecule has 6 heteroatoms. The molecule has 2 heterocycles. The number of halogens is 1. The van der Waals surface area contributed by atoms with Gasteiger partial charge in [0, 0.05) is 31.4 Å². The van der Waals surface area contributed by atoms with Crippen LogP contribution in [0.25, 0.3) is 0 Å². The largest absolute Gasteiger partial charge is 0.444 e. The molecule has 1 aromatic heterocycles. The van der Waals surface area contributed by atoms with Crippen molar-refractivity contribution in [1.82, 2.24) is 15.2 Å². The Bertz CT molecular complexity index is 488. The third-order valence-corrected chi connectivity index (χ3v) is 3.02. The van der Waals surface area contributed by atoms with Crippen LogP contribution in [-0.4, -0.2) is 41.2 Å². The van der Waals surface area contributed by atoms with Crippen molar-refractivity contribution in [2.45, 2.75) is 32.4 Å². The molecule has 1 aliphatic rings. The molecule has 1 amide bonds. The van der Waals surface area contributed by atoms with E-state index in [1.165, 1.54) is 6.20 Å². The number of nitrogens with one attached hydrogen (secondary N) is 1. The van der Waals surface area contributed by atoms with E-state index >= 15 is 0 Å². The van der Waals surface area contributed by atoms with E-state index in [0.29, 0.717) is 25.2 Å². The summed E-state index contributed by atoms with van der Waals surface area (Å²) in [5.41, 5.74) is -0.162.